The second-order valence-electron chi connectivity index (χ2n) is 4.61. The van der Waals surface area contributed by atoms with Gasteiger partial charge >= 0.3 is 0 Å². The van der Waals surface area contributed by atoms with Gasteiger partial charge in [-0.05, 0) is 40.0 Å². The summed E-state index contributed by atoms with van der Waals surface area (Å²) in [5, 5.41) is 12.6. The van der Waals surface area contributed by atoms with E-state index in [2.05, 4.69) is 29.1 Å². The van der Waals surface area contributed by atoms with Crippen LogP contribution in [0.25, 0.3) is 0 Å². The highest BCUT2D eigenvalue weighted by molar-refractivity contribution is 5.92. The van der Waals surface area contributed by atoms with E-state index in [1.54, 1.807) is 0 Å². The van der Waals surface area contributed by atoms with Gasteiger partial charge in [-0.3, -0.25) is 4.90 Å². The van der Waals surface area contributed by atoms with Crippen molar-refractivity contribution in [3.8, 4) is 0 Å². The third-order valence-electron chi connectivity index (χ3n) is 3.38. The molecule has 0 aliphatic carbocycles. The Balaban J connectivity index is 2.13. The molecule has 3 fully saturated rings. The number of oxime groups is 1. The van der Waals surface area contributed by atoms with Gasteiger partial charge in [0.25, 0.3) is 0 Å². The van der Waals surface area contributed by atoms with Crippen LogP contribution >= 0.6 is 0 Å². The maximum absolute atomic E-state index is 9.04. The molecular weight excluding hydrogens is 178 g/mol. The van der Waals surface area contributed by atoms with Crippen LogP contribution in [-0.4, -0.2) is 60.5 Å². The molecule has 0 radical (unpaired) electrons. The van der Waals surface area contributed by atoms with Crippen molar-refractivity contribution in [1.29, 1.82) is 0 Å². The minimum absolute atomic E-state index is 0.350. The number of hydrogen-bond donors (Lipinski definition) is 1. The second kappa shape index (κ2) is 3.87. The molecule has 4 nitrogen and oxygen atoms in total. The molecule has 3 heterocycles. The molecule has 3 rings (SSSR count). The van der Waals surface area contributed by atoms with Gasteiger partial charge in [-0.25, -0.2) is 0 Å². The van der Waals surface area contributed by atoms with Crippen LogP contribution in [0, 0.1) is 5.92 Å². The van der Waals surface area contributed by atoms with E-state index in [1.807, 2.05) is 0 Å². The van der Waals surface area contributed by atoms with Gasteiger partial charge in [-0.15, -0.1) is 0 Å². The molecule has 3 aliphatic rings. The van der Waals surface area contributed by atoms with Gasteiger partial charge in [-0.1, -0.05) is 5.16 Å². The van der Waals surface area contributed by atoms with Crippen LogP contribution in [0.5, 0.6) is 0 Å². The van der Waals surface area contributed by atoms with E-state index in [0.717, 1.165) is 12.3 Å². The SMILES string of the molecule is CN(C)CC1C(=NO)C2CCN1CC2. The zero-order chi connectivity index (χ0) is 10.1. The maximum atomic E-state index is 9.04. The molecule has 0 saturated carbocycles. The minimum Gasteiger partial charge on any atom is -0.411 e. The summed E-state index contributed by atoms with van der Waals surface area (Å²) in [6.45, 7) is 3.31. The van der Waals surface area contributed by atoms with Crippen molar-refractivity contribution in [3.05, 3.63) is 0 Å². The highest BCUT2D eigenvalue weighted by Gasteiger charge is 2.39. The third kappa shape index (κ3) is 1.64. The maximum Gasteiger partial charge on any atom is 0.0786 e. The van der Waals surface area contributed by atoms with Crippen LogP contribution in [0.2, 0.25) is 0 Å². The van der Waals surface area contributed by atoms with Crippen LogP contribution in [0.1, 0.15) is 12.8 Å². The van der Waals surface area contributed by atoms with Gasteiger partial charge in [0, 0.05) is 12.5 Å². The number of nitrogens with zero attached hydrogens (tertiary/aromatic N) is 3. The fraction of sp³-hybridized carbons (Fsp3) is 0.900. The van der Waals surface area contributed by atoms with Gasteiger partial charge in [0.05, 0.1) is 11.8 Å². The van der Waals surface area contributed by atoms with Crippen molar-refractivity contribution >= 4 is 5.71 Å². The molecule has 4 heteroatoms. The Bertz CT molecular complexity index is 232. The molecule has 0 spiro atoms. The summed E-state index contributed by atoms with van der Waals surface area (Å²) in [6, 6.07) is 0.350. The van der Waals surface area contributed by atoms with Crippen LogP contribution in [0.4, 0.5) is 0 Å². The average molecular weight is 197 g/mol. The first-order valence-electron chi connectivity index (χ1n) is 5.33. The first-order chi connectivity index (χ1) is 6.72. The topological polar surface area (TPSA) is 39.1 Å². The molecule has 1 atom stereocenters. The summed E-state index contributed by atoms with van der Waals surface area (Å²) in [5.74, 6) is 0.537. The zero-order valence-corrected chi connectivity index (χ0v) is 8.98. The van der Waals surface area contributed by atoms with E-state index in [1.165, 1.54) is 25.9 Å². The molecule has 2 bridgehead atoms. The predicted octanol–water partition coefficient (Wildman–Crippen LogP) is 0.472. The molecule has 1 unspecified atom stereocenters. The number of piperidine rings is 3. The van der Waals surface area contributed by atoms with Crippen molar-refractivity contribution in [3.63, 3.8) is 0 Å². The molecule has 0 aromatic carbocycles. The fourth-order valence-electron chi connectivity index (χ4n) is 2.67. The predicted molar refractivity (Wildman–Crippen MR) is 55.9 cm³/mol. The van der Waals surface area contributed by atoms with Crippen LogP contribution in [0.15, 0.2) is 5.16 Å². The summed E-state index contributed by atoms with van der Waals surface area (Å²) >= 11 is 0. The first-order valence-corrected chi connectivity index (χ1v) is 5.33. The molecule has 1 N–H and O–H groups in total. The Kier molecular flexibility index (Phi) is 2.74. The Labute approximate surface area is 85.2 Å². The van der Waals surface area contributed by atoms with Gasteiger partial charge in [0.15, 0.2) is 0 Å². The normalized spacial score (nSPS) is 39.6. The molecule has 3 aliphatic heterocycles. The third-order valence-corrected chi connectivity index (χ3v) is 3.38. The van der Waals surface area contributed by atoms with Crippen molar-refractivity contribution in [1.82, 2.24) is 9.80 Å². The number of likely N-dealkylation sites (N-methyl/N-ethyl adjacent to an activating group) is 1. The molecule has 3 saturated heterocycles. The summed E-state index contributed by atoms with van der Waals surface area (Å²) in [6.07, 6.45) is 2.34. The van der Waals surface area contributed by atoms with Crippen LogP contribution in [0.3, 0.4) is 0 Å². The monoisotopic (exact) mass is 197 g/mol. The molecule has 0 aromatic rings. The zero-order valence-electron chi connectivity index (χ0n) is 8.98. The van der Waals surface area contributed by atoms with Crippen molar-refractivity contribution in [2.24, 2.45) is 11.1 Å². The largest absolute Gasteiger partial charge is 0.411 e. The van der Waals surface area contributed by atoms with E-state index in [9.17, 15) is 0 Å². The standard InChI is InChI=1S/C10H19N3O/c1-12(2)7-9-10(11-14)8-3-5-13(9)6-4-8/h8-9,14H,3-7H2,1-2H3. The molecule has 0 aromatic heterocycles. The minimum atomic E-state index is 0.350. The highest BCUT2D eigenvalue weighted by atomic mass is 16.4. The average Bonchev–Trinajstić information content (AvgIpc) is 2.18. The smallest absolute Gasteiger partial charge is 0.0786 e. The molecule has 80 valence electrons. The van der Waals surface area contributed by atoms with Crippen LogP contribution < -0.4 is 0 Å². The molecule has 0 amide bonds. The lowest BCUT2D eigenvalue weighted by atomic mass is 9.81. The Morgan fingerprint density at radius 1 is 1.43 bits per heavy atom. The highest BCUT2D eigenvalue weighted by Crippen LogP contribution is 2.30. The lowest BCUT2D eigenvalue weighted by Crippen LogP contribution is -2.58. The van der Waals surface area contributed by atoms with Gasteiger partial charge in [0.1, 0.15) is 0 Å². The summed E-state index contributed by atoms with van der Waals surface area (Å²) in [4.78, 5) is 4.60. The summed E-state index contributed by atoms with van der Waals surface area (Å²) in [7, 11) is 4.14. The molecule has 14 heavy (non-hydrogen) atoms. The van der Waals surface area contributed by atoms with E-state index < -0.39 is 0 Å². The van der Waals surface area contributed by atoms with E-state index in [4.69, 9.17) is 5.21 Å². The Morgan fingerprint density at radius 3 is 2.57 bits per heavy atom. The quantitative estimate of drug-likeness (QED) is 0.517. The number of fused-ring (bicyclic) bond motifs is 3. The summed E-state index contributed by atoms with van der Waals surface area (Å²) in [5.41, 5.74) is 1.01. The van der Waals surface area contributed by atoms with E-state index in [0.29, 0.717) is 12.0 Å². The van der Waals surface area contributed by atoms with Crippen LogP contribution in [-0.2, 0) is 0 Å². The van der Waals surface area contributed by atoms with Gasteiger partial charge in [0.2, 0.25) is 0 Å². The van der Waals surface area contributed by atoms with Crippen molar-refractivity contribution < 1.29 is 5.21 Å². The van der Waals surface area contributed by atoms with Crippen molar-refractivity contribution in [2.75, 3.05) is 33.7 Å². The fourth-order valence-corrected chi connectivity index (χ4v) is 2.67. The van der Waals surface area contributed by atoms with Gasteiger partial charge in [-0.2, -0.15) is 0 Å². The second-order valence-corrected chi connectivity index (χ2v) is 4.61. The first kappa shape index (κ1) is 9.93. The number of rotatable bonds is 2. The van der Waals surface area contributed by atoms with Crippen molar-refractivity contribution in [2.45, 2.75) is 18.9 Å². The Hall–Kier alpha value is -0.610. The summed E-state index contributed by atoms with van der Waals surface area (Å²) < 4.78 is 0. The molecular formula is C10H19N3O. The van der Waals surface area contributed by atoms with E-state index >= 15 is 0 Å². The number of hydrogen-bond acceptors (Lipinski definition) is 4. The van der Waals surface area contributed by atoms with Gasteiger partial charge < -0.3 is 10.1 Å². The Morgan fingerprint density at radius 2 is 2.07 bits per heavy atom. The lowest BCUT2D eigenvalue weighted by Gasteiger charge is -2.46. The lowest BCUT2D eigenvalue weighted by molar-refractivity contribution is 0.120. The van der Waals surface area contributed by atoms with E-state index in [-0.39, 0.29) is 0 Å².